The second-order valence-electron chi connectivity index (χ2n) is 1.88. The number of aromatic nitrogens is 3. The number of methoxy groups -OCH3 is 1. The molecule has 0 fully saturated rings. The van der Waals surface area contributed by atoms with Crippen molar-refractivity contribution in [3.63, 3.8) is 0 Å². The molecule has 2 N–H and O–H groups in total. The number of H-pyrrole nitrogens is 2. The average Bonchev–Trinajstić information content (AvgIpc) is 1.85. The highest BCUT2D eigenvalue weighted by atomic mass is 16.5. The van der Waals surface area contributed by atoms with Gasteiger partial charge in [-0.3, -0.25) is 9.97 Å². The normalized spacial score (nSPS) is 9.91. The Hall–Kier alpha value is -1.43. The van der Waals surface area contributed by atoms with Gasteiger partial charge in [0.1, 0.15) is 12.4 Å². The monoisotopic (exact) mass is 157 g/mol. The van der Waals surface area contributed by atoms with Gasteiger partial charge in [0.15, 0.2) is 0 Å². The van der Waals surface area contributed by atoms with Crippen LogP contribution in [0.1, 0.15) is 5.82 Å². The number of rotatable bonds is 2. The molecule has 1 rings (SSSR count). The van der Waals surface area contributed by atoms with Gasteiger partial charge in [-0.1, -0.05) is 0 Å². The van der Waals surface area contributed by atoms with Crippen molar-refractivity contribution in [1.29, 1.82) is 0 Å². The summed E-state index contributed by atoms with van der Waals surface area (Å²) >= 11 is 0. The van der Waals surface area contributed by atoms with Gasteiger partial charge < -0.3 is 4.74 Å². The van der Waals surface area contributed by atoms with Crippen LogP contribution < -0.4 is 11.4 Å². The number of aromatic amines is 2. The molecule has 0 saturated heterocycles. The van der Waals surface area contributed by atoms with Gasteiger partial charge >= 0.3 is 11.4 Å². The van der Waals surface area contributed by atoms with E-state index in [1.807, 2.05) is 4.98 Å². The fourth-order valence-corrected chi connectivity index (χ4v) is 0.643. The maximum atomic E-state index is 10.6. The molecule has 0 atom stereocenters. The summed E-state index contributed by atoms with van der Waals surface area (Å²) < 4.78 is 4.65. The second kappa shape index (κ2) is 3.11. The van der Waals surface area contributed by atoms with Crippen LogP contribution in [0.5, 0.6) is 0 Å². The average molecular weight is 157 g/mol. The molecule has 0 aliphatic carbocycles. The molecule has 0 aliphatic rings. The van der Waals surface area contributed by atoms with E-state index in [4.69, 9.17) is 0 Å². The van der Waals surface area contributed by atoms with E-state index >= 15 is 0 Å². The van der Waals surface area contributed by atoms with E-state index in [1.54, 1.807) is 0 Å². The summed E-state index contributed by atoms with van der Waals surface area (Å²) in [5, 5.41) is 0. The summed E-state index contributed by atoms with van der Waals surface area (Å²) in [6, 6.07) is 0. The van der Waals surface area contributed by atoms with Gasteiger partial charge in [-0.05, 0) is 0 Å². The van der Waals surface area contributed by atoms with Crippen molar-refractivity contribution in [2.45, 2.75) is 6.61 Å². The van der Waals surface area contributed by atoms with Gasteiger partial charge in [-0.25, -0.2) is 9.59 Å². The van der Waals surface area contributed by atoms with E-state index in [-0.39, 0.29) is 12.4 Å². The molecular formula is C5H7N3O3. The molecule has 0 aromatic carbocycles. The Labute approximate surface area is 61.3 Å². The van der Waals surface area contributed by atoms with Crippen LogP contribution in [0, 0.1) is 0 Å². The van der Waals surface area contributed by atoms with Crippen LogP contribution in [-0.4, -0.2) is 22.1 Å². The first-order valence-electron chi connectivity index (χ1n) is 2.91. The van der Waals surface area contributed by atoms with Crippen molar-refractivity contribution < 1.29 is 4.74 Å². The quantitative estimate of drug-likeness (QED) is 0.553. The summed E-state index contributed by atoms with van der Waals surface area (Å²) in [6.07, 6.45) is 0. The molecule has 0 aliphatic heterocycles. The first-order chi connectivity index (χ1) is 5.22. The topological polar surface area (TPSA) is 87.8 Å². The van der Waals surface area contributed by atoms with Crippen LogP contribution >= 0.6 is 0 Å². The molecule has 0 saturated carbocycles. The van der Waals surface area contributed by atoms with Crippen LogP contribution in [0.4, 0.5) is 0 Å². The zero-order valence-electron chi connectivity index (χ0n) is 5.88. The van der Waals surface area contributed by atoms with Gasteiger partial charge in [-0.2, -0.15) is 4.98 Å². The lowest BCUT2D eigenvalue weighted by Crippen LogP contribution is -2.27. The van der Waals surface area contributed by atoms with E-state index in [1.165, 1.54) is 7.11 Å². The third-order valence-electron chi connectivity index (χ3n) is 0.996. The molecule has 1 heterocycles. The lowest BCUT2D eigenvalue weighted by molar-refractivity contribution is 0.177. The first kappa shape index (κ1) is 7.67. The first-order valence-corrected chi connectivity index (χ1v) is 2.91. The minimum Gasteiger partial charge on any atom is -0.377 e. The largest absolute Gasteiger partial charge is 0.377 e. The van der Waals surface area contributed by atoms with E-state index in [9.17, 15) is 9.59 Å². The summed E-state index contributed by atoms with van der Waals surface area (Å²) in [7, 11) is 1.45. The van der Waals surface area contributed by atoms with Crippen molar-refractivity contribution in [2.24, 2.45) is 0 Å². The molecule has 0 radical (unpaired) electrons. The standard InChI is InChI=1S/C5H7N3O3/c1-11-2-3-6-4(9)8-5(10)7-3/h2H2,1H3,(H2,6,7,8,9,10). The van der Waals surface area contributed by atoms with Gasteiger partial charge in [0.05, 0.1) is 0 Å². The third kappa shape index (κ3) is 2.01. The molecule has 6 heteroatoms. The Morgan fingerprint density at radius 2 is 2.18 bits per heavy atom. The van der Waals surface area contributed by atoms with Crippen LogP contribution in [0.2, 0.25) is 0 Å². The van der Waals surface area contributed by atoms with Crippen molar-refractivity contribution in [1.82, 2.24) is 15.0 Å². The van der Waals surface area contributed by atoms with Crippen LogP contribution in [0.25, 0.3) is 0 Å². The van der Waals surface area contributed by atoms with Crippen molar-refractivity contribution in [3.8, 4) is 0 Å². The molecule has 1 aromatic rings. The number of ether oxygens (including phenoxy) is 1. The predicted octanol–water partition coefficient (Wildman–Crippen LogP) is -1.40. The maximum absolute atomic E-state index is 10.6. The van der Waals surface area contributed by atoms with E-state index in [0.717, 1.165) is 0 Å². The highest BCUT2D eigenvalue weighted by Gasteiger charge is 1.95. The van der Waals surface area contributed by atoms with Crippen LogP contribution in [0.3, 0.4) is 0 Å². The van der Waals surface area contributed by atoms with Gasteiger partial charge in [-0.15, -0.1) is 0 Å². The van der Waals surface area contributed by atoms with Crippen LogP contribution in [-0.2, 0) is 11.3 Å². The van der Waals surface area contributed by atoms with E-state index in [0.29, 0.717) is 0 Å². The lowest BCUT2D eigenvalue weighted by Gasteiger charge is -1.94. The molecule has 11 heavy (non-hydrogen) atoms. The fraction of sp³-hybridized carbons (Fsp3) is 0.400. The van der Waals surface area contributed by atoms with Crippen molar-refractivity contribution in [3.05, 3.63) is 26.8 Å². The molecule has 0 amide bonds. The Morgan fingerprint density at radius 3 is 2.73 bits per heavy atom. The minimum absolute atomic E-state index is 0.124. The molecule has 0 spiro atoms. The lowest BCUT2D eigenvalue weighted by atomic mass is 10.6. The van der Waals surface area contributed by atoms with Crippen molar-refractivity contribution >= 4 is 0 Å². The van der Waals surface area contributed by atoms with Crippen molar-refractivity contribution in [2.75, 3.05) is 7.11 Å². The SMILES string of the molecule is COCc1nc(=O)[nH]c(=O)[nH]1. The zero-order chi connectivity index (χ0) is 8.27. The number of nitrogens with zero attached hydrogens (tertiary/aromatic N) is 1. The minimum atomic E-state index is -0.666. The number of hydrogen-bond acceptors (Lipinski definition) is 4. The zero-order valence-corrected chi connectivity index (χ0v) is 5.88. The fourth-order valence-electron chi connectivity index (χ4n) is 0.643. The Morgan fingerprint density at radius 1 is 1.45 bits per heavy atom. The maximum Gasteiger partial charge on any atom is 0.350 e. The Bertz CT molecular complexity index is 311. The third-order valence-corrected chi connectivity index (χ3v) is 0.996. The van der Waals surface area contributed by atoms with Crippen LogP contribution in [0.15, 0.2) is 9.59 Å². The highest BCUT2D eigenvalue weighted by Crippen LogP contribution is 1.80. The molecule has 6 nitrogen and oxygen atoms in total. The summed E-state index contributed by atoms with van der Waals surface area (Å²) in [4.78, 5) is 28.8. The van der Waals surface area contributed by atoms with Gasteiger partial charge in [0.25, 0.3) is 0 Å². The van der Waals surface area contributed by atoms with Gasteiger partial charge in [0, 0.05) is 7.11 Å². The highest BCUT2D eigenvalue weighted by molar-refractivity contribution is 4.78. The number of nitrogens with one attached hydrogen (secondary N) is 2. The van der Waals surface area contributed by atoms with E-state index in [2.05, 4.69) is 14.7 Å². The smallest absolute Gasteiger partial charge is 0.350 e. The molecule has 0 bridgehead atoms. The Kier molecular flexibility index (Phi) is 2.17. The molecular weight excluding hydrogens is 150 g/mol. The Balaban J connectivity index is 3.09. The van der Waals surface area contributed by atoms with E-state index < -0.39 is 11.4 Å². The molecule has 1 aromatic heterocycles. The predicted molar refractivity (Wildman–Crippen MR) is 36.2 cm³/mol. The second-order valence-corrected chi connectivity index (χ2v) is 1.88. The number of hydrogen-bond donors (Lipinski definition) is 2. The summed E-state index contributed by atoms with van der Waals surface area (Å²) in [5.74, 6) is 0.223. The summed E-state index contributed by atoms with van der Waals surface area (Å²) in [5.41, 5.74) is -1.24. The molecule has 60 valence electrons. The van der Waals surface area contributed by atoms with Gasteiger partial charge in [0.2, 0.25) is 0 Å². The molecule has 0 unspecified atom stereocenters. The summed E-state index contributed by atoms with van der Waals surface area (Å²) in [6.45, 7) is 0.124.